The Bertz CT molecular complexity index is 714. The normalized spacial score (nSPS) is 14.4. The number of alkyl carbamates (subject to hydrolysis) is 1. The van der Waals surface area contributed by atoms with Crippen LogP contribution in [0.15, 0.2) is 6.20 Å². The Balaban J connectivity index is 2.85. The quantitative estimate of drug-likeness (QED) is 0.649. The van der Waals surface area contributed by atoms with E-state index in [-0.39, 0.29) is 18.4 Å². The fourth-order valence-corrected chi connectivity index (χ4v) is 2.34. The van der Waals surface area contributed by atoms with Gasteiger partial charge in [0.2, 0.25) is 0 Å². The number of halogens is 6. The van der Waals surface area contributed by atoms with Crippen LogP contribution in [0, 0.1) is 11.8 Å². The summed E-state index contributed by atoms with van der Waals surface area (Å²) in [6, 6.07) is -0.884. The minimum Gasteiger partial charge on any atom is -0.440 e. The number of hydrogen-bond acceptors (Lipinski definition) is 4. The van der Waals surface area contributed by atoms with Gasteiger partial charge in [-0.3, -0.25) is 9.48 Å². The van der Waals surface area contributed by atoms with E-state index in [9.17, 15) is 35.9 Å². The lowest BCUT2D eigenvalue weighted by molar-refractivity contribution is -0.160. The summed E-state index contributed by atoms with van der Waals surface area (Å²) in [4.78, 5) is 23.8. The molecule has 7 nitrogen and oxygen atoms in total. The van der Waals surface area contributed by atoms with Gasteiger partial charge in [-0.25, -0.2) is 4.79 Å². The molecule has 0 saturated carbocycles. The Kier molecular flexibility index (Phi) is 7.92. The van der Waals surface area contributed by atoms with E-state index >= 15 is 0 Å². The van der Waals surface area contributed by atoms with E-state index in [2.05, 4.69) is 20.5 Å². The molecule has 0 aliphatic rings. The largest absolute Gasteiger partial charge is 0.440 e. The molecule has 2 N–H and O–H groups in total. The summed E-state index contributed by atoms with van der Waals surface area (Å²) in [5, 5.41) is 7.69. The SMILES string of the molecule is CC(C)C(C)C(CNC(=O)c1cn(C)nc1C(F)(F)F)NC(=O)OCC(F)(F)F. The molecule has 2 unspecified atom stereocenters. The lowest BCUT2D eigenvalue weighted by Gasteiger charge is -2.28. The number of carbonyl (C=O) groups is 2. The van der Waals surface area contributed by atoms with E-state index in [1.54, 1.807) is 20.8 Å². The number of ether oxygens (including phenoxy) is 1. The molecule has 13 heteroatoms. The lowest BCUT2D eigenvalue weighted by atomic mass is 9.90. The molecule has 0 bridgehead atoms. The minimum atomic E-state index is -4.85. The van der Waals surface area contributed by atoms with Gasteiger partial charge in [-0.1, -0.05) is 20.8 Å². The van der Waals surface area contributed by atoms with Crippen LogP contribution in [0.4, 0.5) is 31.1 Å². The van der Waals surface area contributed by atoms with Crippen LogP contribution in [0.1, 0.15) is 36.8 Å². The first-order valence-electron chi connectivity index (χ1n) is 8.51. The van der Waals surface area contributed by atoms with Crippen molar-refractivity contribution < 1.29 is 40.7 Å². The van der Waals surface area contributed by atoms with Crippen LogP contribution in [0.3, 0.4) is 0 Å². The molecule has 1 aromatic heterocycles. The smallest absolute Gasteiger partial charge is 0.435 e. The number of nitrogens with zero attached hydrogens (tertiary/aromatic N) is 2. The fraction of sp³-hybridized carbons (Fsp3) is 0.688. The number of aryl methyl sites for hydroxylation is 1. The number of nitrogens with one attached hydrogen (secondary N) is 2. The molecule has 29 heavy (non-hydrogen) atoms. The predicted molar refractivity (Wildman–Crippen MR) is 88.9 cm³/mol. The maximum Gasteiger partial charge on any atom is 0.435 e. The summed E-state index contributed by atoms with van der Waals surface area (Å²) < 4.78 is 80.3. The van der Waals surface area contributed by atoms with Gasteiger partial charge in [0.15, 0.2) is 12.3 Å². The van der Waals surface area contributed by atoms with Gasteiger partial charge in [0.05, 0.1) is 11.6 Å². The number of amides is 2. The molecule has 2 atom stereocenters. The van der Waals surface area contributed by atoms with Gasteiger partial charge in [0, 0.05) is 19.8 Å². The van der Waals surface area contributed by atoms with Crippen LogP contribution in [0.2, 0.25) is 0 Å². The van der Waals surface area contributed by atoms with Gasteiger partial charge in [-0.15, -0.1) is 0 Å². The summed E-state index contributed by atoms with van der Waals surface area (Å²) in [5.41, 5.74) is -2.08. The zero-order valence-electron chi connectivity index (χ0n) is 16.1. The first kappa shape index (κ1) is 24.6. The fourth-order valence-electron chi connectivity index (χ4n) is 2.34. The Morgan fingerprint density at radius 3 is 2.24 bits per heavy atom. The van der Waals surface area contributed by atoms with Crippen molar-refractivity contribution in [3.8, 4) is 0 Å². The second kappa shape index (κ2) is 9.35. The highest BCUT2D eigenvalue weighted by Gasteiger charge is 2.39. The molecule has 1 rings (SSSR count). The van der Waals surface area contributed by atoms with E-state index in [1.165, 1.54) is 7.05 Å². The van der Waals surface area contributed by atoms with Gasteiger partial charge in [0.25, 0.3) is 5.91 Å². The highest BCUT2D eigenvalue weighted by atomic mass is 19.4. The van der Waals surface area contributed by atoms with Crippen molar-refractivity contribution in [3.05, 3.63) is 17.5 Å². The summed E-state index contributed by atoms with van der Waals surface area (Å²) in [6.45, 7) is 3.08. The van der Waals surface area contributed by atoms with Crippen LogP contribution in [0.5, 0.6) is 0 Å². The Hall–Kier alpha value is -2.47. The molecule has 1 heterocycles. The molecule has 166 valence electrons. The molecular formula is C16H22F6N4O3. The molecule has 0 saturated heterocycles. The highest BCUT2D eigenvalue weighted by Crippen LogP contribution is 2.30. The van der Waals surface area contributed by atoms with E-state index in [1.807, 2.05) is 0 Å². The molecule has 0 spiro atoms. The number of alkyl halides is 6. The molecule has 0 radical (unpaired) electrons. The van der Waals surface area contributed by atoms with Crippen molar-refractivity contribution in [3.63, 3.8) is 0 Å². The van der Waals surface area contributed by atoms with Crippen LogP contribution in [-0.4, -0.2) is 47.2 Å². The zero-order chi connectivity index (χ0) is 22.6. The van der Waals surface area contributed by atoms with Gasteiger partial charge in [-0.05, 0) is 11.8 Å². The van der Waals surface area contributed by atoms with E-state index in [4.69, 9.17) is 0 Å². The topological polar surface area (TPSA) is 85.3 Å². The van der Waals surface area contributed by atoms with Gasteiger partial charge in [-0.2, -0.15) is 31.4 Å². The van der Waals surface area contributed by atoms with E-state index in [0.717, 1.165) is 10.9 Å². The van der Waals surface area contributed by atoms with Gasteiger partial charge in [0.1, 0.15) is 0 Å². The molecule has 0 aromatic carbocycles. The van der Waals surface area contributed by atoms with Crippen molar-refractivity contribution in [1.82, 2.24) is 20.4 Å². The predicted octanol–water partition coefficient (Wildman–Crippen LogP) is 3.12. The van der Waals surface area contributed by atoms with Crippen LogP contribution in [0.25, 0.3) is 0 Å². The third-order valence-corrected chi connectivity index (χ3v) is 4.18. The first-order valence-corrected chi connectivity index (χ1v) is 8.51. The number of aromatic nitrogens is 2. The van der Waals surface area contributed by atoms with Crippen molar-refractivity contribution in [2.24, 2.45) is 18.9 Å². The molecular weight excluding hydrogens is 410 g/mol. The summed E-state index contributed by atoms with van der Waals surface area (Å²) in [7, 11) is 1.22. The number of hydrogen-bond donors (Lipinski definition) is 2. The lowest BCUT2D eigenvalue weighted by Crippen LogP contribution is -2.49. The highest BCUT2D eigenvalue weighted by molar-refractivity contribution is 5.95. The zero-order valence-corrected chi connectivity index (χ0v) is 16.1. The number of carbonyl (C=O) groups excluding carboxylic acids is 2. The summed E-state index contributed by atoms with van der Waals surface area (Å²) in [6.07, 6.45) is -10.0. The van der Waals surface area contributed by atoms with Crippen LogP contribution >= 0.6 is 0 Å². The Labute approximate surface area is 162 Å². The van der Waals surface area contributed by atoms with Crippen molar-refractivity contribution in [2.75, 3.05) is 13.2 Å². The van der Waals surface area contributed by atoms with E-state index < -0.39 is 48.3 Å². The summed E-state index contributed by atoms with van der Waals surface area (Å²) >= 11 is 0. The average molecular weight is 432 g/mol. The molecule has 1 aromatic rings. The second-order valence-electron chi connectivity index (χ2n) is 6.82. The monoisotopic (exact) mass is 432 g/mol. The van der Waals surface area contributed by atoms with Crippen LogP contribution < -0.4 is 10.6 Å². The third kappa shape index (κ3) is 7.81. The Morgan fingerprint density at radius 2 is 1.76 bits per heavy atom. The molecule has 0 aliphatic carbocycles. The minimum absolute atomic E-state index is 0.0658. The maximum absolute atomic E-state index is 13.0. The van der Waals surface area contributed by atoms with Crippen molar-refractivity contribution >= 4 is 12.0 Å². The average Bonchev–Trinajstić information content (AvgIpc) is 2.97. The maximum atomic E-state index is 13.0. The van der Waals surface area contributed by atoms with Crippen LogP contribution in [-0.2, 0) is 18.0 Å². The summed E-state index contributed by atoms with van der Waals surface area (Å²) in [5.74, 6) is -1.49. The first-order chi connectivity index (χ1) is 13.1. The molecule has 0 fully saturated rings. The van der Waals surface area contributed by atoms with Gasteiger partial charge < -0.3 is 15.4 Å². The number of rotatable bonds is 7. The molecule has 2 amide bonds. The van der Waals surface area contributed by atoms with Gasteiger partial charge >= 0.3 is 18.4 Å². The molecule has 0 aliphatic heterocycles. The Morgan fingerprint density at radius 1 is 1.17 bits per heavy atom. The second-order valence-corrected chi connectivity index (χ2v) is 6.82. The van der Waals surface area contributed by atoms with Crippen molar-refractivity contribution in [1.29, 1.82) is 0 Å². The van der Waals surface area contributed by atoms with E-state index in [0.29, 0.717) is 0 Å². The third-order valence-electron chi connectivity index (χ3n) is 4.18. The standard InChI is InChI=1S/C16H22F6N4O3/c1-8(2)9(3)11(24-14(28)29-7-15(17,18)19)5-23-13(27)10-6-26(4)25-12(10)16(20,21)22/h6,8-9,11H,5,7H2,1-4H3,(H,23,27)(H,24,28). The van der Waals surface area contributed by atoms with Crippen molar-refractivity contribution in [2.45, 2.75) is 39.2 Å².